The number of carbonyl (C=O) groups excluding carboxylic acids is 1. The van der Waals surface area contributed by atoms with Crippen LogP contribution in [-0.2, 0) is 0 Å². The molecule has 1 aliphatic heterocycles. The molecule has 1 aromatic heterocycles. The van der Waals surface area contributed by atoms with Gasteiger partial charge in [-0.25, -0.2) is 9.97 Å². The van der Waals surface area contributed by atoms with Crippen LogP contribution in [0.1, 0.15) is 23.8 Å². The minimum absolute atomic E-state index is 0.0645. The molecule has 0 saturated carbocycles. The molecule has 2 rings (SSSR count). The molecule has 1 atom stereocenters. The maximum Gasteiger partial charge on any atom is 0.274 e. The molecule has 2 heterocycles. The predicted octanol–water partition coefficient (Wildman–Crippen LogP) is 0.225. The van der Waals surface area contributed by atoms with Crippen LogP contribution >= 0.6 is 0 Å². The molecule has 1 aliphatic rings. The van der Waals surface area contributed by atoms with Gasteiger partial charge in [-0.1, -0.05) is 0 Å². The number of carbonyl (C=O) groups is 1. The maximum atomic E-state index is 12.3. The fraction of sp³-hybridized carbons (Fsp3) is 0.583. The Morgan fingerprint density at radius 1 is 1.39 bits per heavy atom. The Balaban J connectivity index is 2.14. The molecular weight excluding hydrogens is 230 g/mol. The van der Waals surface area contributed by atoms with Crippen LogP contribution in [0.15, 0.2) is 12.4 Å². The highest BCUT2D eigenvalue weighted by molar-refractivity contribution is 5.92. The van der Waals surface area contributed by atoms with Gasteiger partial charge in [0.1, 0.15) is 11.5 Å². The Bertz CT molecular complexity index is 419. The number of amides is 1. The number of hydrogen-bond donors (Lipinski definition) is 1. The highest BCUT2D eigenvalue weighted by atomic mass is 16.2. The third kappa shape index (κ3) is 2.76. The largest absolute Gasteiger partial charge is 0.382 e. The molecule has 0 radical (unpaired) electrons. The molecule has 1 aromatic rings. The molecule has 6 heteroatoms. The lowest BCUT2D eigenvalue weighted by Gasteiger charge is -2.27. The summed E-state index contributed by atoms with van der Waals surface area (Å²) in [5.74, 6) is 0.264. The van der Waals surface area contributed by atoms with Gasteiger partial charge in [0.15, 0.2) is 0 Å². The molecule has 0 aliphatic carbocycles. The topological polar surface area (TPSA) is 75.3 Å². The Hall–Kier alpha value is -1.69. The van der Waals surface area contributed by atoms with Crippen molar-refractivity contribution < 1.29 is 4.79 Å². The highest BCUT2D eigenvalue weighted by Gasteiger charge is 2.25. The Kier molecular flexibility index (Phi) is 3.76. The average Bonchev–Trinajstić information content (AvgIpc) is 2.50. The van der Waals surface area contributed by atoms with Gasteiger partial charge in [-0.3, -0.25) is 4.79 Å². The van der Waals surface area contributed by atoms with E-state index in [0.29, 0.717) is 11.5 Å². The normalized spacial score (nSPS) is 21.7. The monoisotopic (exact) mass is 249 g/mol. The first-order valence-electron chi connectivity index (χ1n) is 6.15. The first-order chi connectivity index (χ1) is 8.58. The van der Waals surface area contributed by atoms with E-state index in [1.807, 2.05) is 4.90 Å². The van der Waals surface area contributed by atoms with Crippen LogP contribution in [0.2, 0.25) is 0 Å². The van der Waals surface area contributed by atoms with E-state index >= 15 is 0 Å². The number of rotatable bonds is 1. The van der Waals surface area contributed by atoms with E-state index in [-0.39, 0.29) is 11.9 Å². The van der Waals surface area contributed by atoms with E-state index in [0.717, 1.165) is 26.1 Å². The van der Waals surface area contributed by atoms with E-state index in [2.05, 4.69) is 28.8 Å². The van der Waals surface area contributed by atoms with E-state index < -0.39 is 0 Å². The van der Waals surface area contributed by atoms with Gasteiger partial charge in [0.25, 0.3) is 5.91 Å². The zero-order chi connectivity index (χ0) is 13.1. The number of anilines is 1. The summed E-state index contributed by atoms with van der Waals surface area (Å²) >= 11 is 0. The molecule has 6 nitrogen and oxygen atoms in total. The minimum Gasteiger partial charge on any atom is -0.382 e. The molecule has 2 N–H and O–H groups in total. The van der Waals surface area contributed by atoms with Gasteiger partial charge in [0.05, 0.1) is 12.4 Å². The van der Waals surface area contributed by atoms with Gasteiger partial charge in [-0.15, -0.1) is 0 Å². The van der Waals surface area contributed by atoms with Crippen LogP contribution in [0, 0.1) is 0 Å². The van der Waals surface area contributed by atoms with Crippen molar-refractivity contribution in [1.29, 1.82) is 0 Å². The van der Waals surface area contributed by atoms with Crippen LogP contribution in [-0.4, -0.2) is 58.4 Å². The van der Waals surface area contributed by atoms with Crippen LogP contribution in [0.25, 0.3) is 0 Å². The van der Waals surface area contributed by atoms with Crippen molar-refractivity contribution in [3.63, 3.8) is 0 Å². The first kappa shape index (κ1) is 12.8. The van der Waals surface area contributed by atoms with Gasteiger partial charge < -0.3 is 15.5 Å². The summed E-state index contributed by atoms with van der Waals surface area (Å²) < 4.78 is 0. The zero-order valence-electron chi connectivity index (χ0n) is 10.8. The van der Waals surface area contributed by atoms with Crippen LogP contribution in [0.5, 0.6) is 0 Å². The summed E-state index contributed by atoms with van der Waals surface area (Å²) in [6, 6.07) is 0.185. The second kappa shape index (κ2) is 5.30. The molecule has 18 heavy (non-hydrogen) atoms. The molecule has 1 amide bonds. The van der Waals surface area contributed by atoms with Gasteiger partial charge in [-0.2, -0.15) is 0 Å². The maximum absolute atomic E-state index is 12.3. The quantitative estimate of drug-likeness (QED) is 0.771. The van der Waals surface area contributed by atoms with Crippen molar-refractivity contribution in [2.75, 3.05) is 32.4 Å². The standard InChI is InChI=1S/C12H19N5O/c1-9-8-16(2)4-3-5-17(9)12(18)10-6-15-11(13)7-14-10/h6-7,9H,3-5,8H2,1-2H3,(H2,13,15). The van der Waals surface area contributed by atoms with Crippen molar-refractivity contribution in [2.45, 2.75) is 19.4 Å². The summed E-state index contributed by atoms with van der Waals surface area (Å²) in [6.07, 6.45) is 3.84. The third-order valence-corrected chi connectivity index (χ3v) is 3.20. The molecule has 1 fully saturated rings. The van der Waals surface area contributed by atoms with Crippen LogP contribution in [0.3, 0.4) is 0 Å². The smallest absolute Gasteiger partial charge is 0.274 e. The Labute approximate surface area is 107 Å². The molecule has 0 aromatic carbocycles. The Morgan fingerprint density at radius 3 is 2.83 bits per heavy atom. The summed E-state index contributed by atoms with van der Waals surface area (Å²) in [7, 11) is 2.08. The molecule has 98 valence electrons. The lowest BCUT2D eigenvalue weighted by molar-refractivity contribution is 0.0690. The number of nitrogens with zero attached hydrogens (tertiary/aromatic N) is 4. The third-order valence-electron chi connectivity index (χ3n) is 3.20. The fourth-order valence-electron chi connectivity index (χ4n) is 2.27. The molecule has 1 saturated heterocycles. The zero-order valence-corrected chi connectivity index (χ0v) is 10.8. The molecular formula is C12H19N5O. The summed E-state index contributed by atoms with van der Waals surface area (Å²) in [5.41, 5.74) is 5.83. The number of aromatic nitrogens is 2. The van der Waals surface area contributed by atoms with Gasteiger partial charge >= 0.3 is 0 Å². The van der Waals surface area contributed by atoms with Gasteiger partial charge in [-0.05, 0) is 26.9 Å². The van der Waals surface area contributed by atoms with E-state index in [4.69, 9.17) is 5.73 Å². The molecule has 0 bridgehead atoms. The average molecular weight is 249 g/mol. The van der Waals surface area contributed by atoms with Gasteiger partial charge in [0.2, 0.25) is 0 Å². The van der Waals surface area contributed by atoms with Crippen LogP contribution < -0.4 is 5.73 Å². The highest BCUT2D eigenvalue weighted by Crippen LogP contribution is 2.12. The van der Waals surface area contributed by atoms with Crippen molar-refractivity contribution in [2.24, 2.45) is 0 Å². The summed E-state index contributed by atoms with van der Waals surface area (Å²) in [4.78, 5) is 24.4. The second-order valence-electron chi connectivity index (χ2n) is 4.79. The lowest BCUT2D eigenvalue weighted by Crippen LogP contribution is -2.42. The number of nitrogen functional groups attached to an aromatic ring is 1. The van der Waals surface area contributed by atoms with Crippen molar-refractivity contribution in [3.05, 3.63) is 18.1 Å². The number of likely N-dealkylation sites (N-methyl/N-ethyl adjacent to an activating group) is 1. The minimum atomic E-state index is -0.0645. The first-order valence-corrected chi connectivity index (χ1v) is 6.15. The van der Waals surface area contributed by atoms with Crippen molar-refractivity contribution >= 4 is 11.7 Å². The van der Waals surface area contributed by atoms with Crippen molar-refractivity contribution in [3.8, 4) is 0 Å². The van der Waals surface area contributed by atoms with E-state index in [9.17, 15) is 4.79 Å². The van der Waals surface area contributed by atoms with Gasteiger partial charge in [0, 0.05) is 19.1 Å². The van der Waals surface area contributed by atoms with Crippen LogP contribution in [0.4, 0.5) is 5.82 Å². The summed E-state index contributed by atoms with van der Waals surface area (Å²) in [5, 5.41) is 0. The van der Waals surface area contributed by atoms with Crippen molar-refractivity contribution in [1.82, 2.24) is 19.8 Å². The van der Waals surface area contributed by atoms with E-state index in [1.165, 1.54) is 12.4 Å². The van der Waals surface area contributed by atoms with E-state index in [1.54, 1.807) is 0 Å². The SMILES string of the molecule is CC1CN(C)CCCN1C(=O)c1cnc(N)cn1. The lowest BCUT2D eigenvalue weighted by atomic mass is 10.2. The second-order valence-corrected chi connectivity index (χ2v) is 4.79. The Morgan fingerprint density at radius 2 is 2.17 bits per heavy atom. The predicted molar refractivity (Wildman–Crippen MR) is 69.1 cm³/mol. The summed E-state index contributed by atoms with van der Waals surface area (Å²) in [6.45, 7) is 4.72. The number of hydrogen-bond acceptors (Lipinski definition) is 5. The molecule has 0 spiro atoms. The molecule has 1 unspecified atom stereocenters. The fourth-order valence-corrected chi connectivity index (χ4v) is 2.27. The number of nitrogens with two attached hydrogens (primary N) is 1.